The topological polar surface area (TPSA) is 103 Å². The smallest absolute Gasteiger partial charge is 0.164 e. The maximum Gasteiger partial charge on any atom is 0.164 e. The third-order valence-corrected chi connectivity index (χ3v) is 30.9. The van der Waals surface area contributed by atoms with Crippen LogP contribution in [0.15, 0.2) is 435 Å². The SMILES string of the molecule is CC1(C)c2ccccc2-c2ccc3c(ccc4ccc5cc(-c6nc(-c7ccccc7)c7ccccc7n6)ccc5c43)c21.c1ccc(-c2nc(-c3ccc4c(ccc5c4c4ccccc4c4sc6ccccc6c54)c3)nc(-c3cccc4oc5ccccc5c34)n2)cc1.c1ccc(-c2nc3ccc4ccccc4c3nc2-c2ccc3c(ccc4ccc5ccc6c7ccccc7sc6c5c43)c2)cc1. The monoisotopic (exact) mass is 1790 g/mol. The lowest BCUT2D eigenvalue weighted by atomic mass is 9.79. The van der Waals surface area contributed by atoms with E-state index in [0.29, 0.717) is 17.5 Å². The Balaban J connectivity index is 0.000000102. The van der Waals surface area contributed by atoms with E-state index in [4.69, 9.17) is 39.3 Å². The summed E-state index contributed by atoms with van der Waals surface area (Å²) < 4.78 is 11.6. The number of thiophene rings is 2. The van der Waals surface area contributed by atoms with Crippen LogP contribution >= 0.6 is 22.7 Å². The molecule has 0 N–H and O–H groups in total. The Kier molecular flexibility index (Phi) is 18.0. The van der Waals surface area contributed by atoms with Gasteiger partial charge in [0.1, 0.15) is 11.2 Å². The third-order valence-electron chi connectivity index (χ3n) is 28.5. The van der Waals surface area contributed by atoms with Crippen molar-refractivity contribution in [2.24, 2.45) is 0 Å². The molecule has 0 radical (unpaired) electrons. The van der Waals surface area contributed by atoms with E-state index in [0.717, 1.165) is 116 Å². The van der Waals surface area contributed by atoms with Crippen molar-refractivity contribution in [3.8, 4) is 90.5 Å². The van der Waals surface area contributed by atoms with Crippen molar-refractivity contribution in [1.29, 1.82) is 0 Å². The number of nitrogens with zero attached hydrogens (tertiary/aromatic N) is 7. The van der Waals surface area contributed by atoms with Crippen LogP contribution in [0.4, 0.5) is 0 Å². The van der Waals surface area contributed by atoms with E-state index in [1.165, 1.54) is 160 Å². The van der Waals surface area contributed by atoms with E-state index < -0.39 is 0 Å². The molecular formula is C128H77N7OS2. The Morgan fingerprint density at radius 3 is 1.42 bits per heavy atom. The molecule has 0 amide bonds. The largest absolute Gasteiger partial charge is 0.456 e. The van der Waals surface area contributed by atoms with Gasteiger partial charge in [0, 0.05) is 117 Å². The molecule has 0 bridgehead atoms. The number of hydrogen-bond donors (Lipinski definition) is 0. The van der Waals surface area contributed by atoms with Crippen LogP contribution in [0.5, 0.6) is 0 Å². The molecule has 0 spiro atoms. The number of rotatable bonds is 7. The molecule has 642 valence electrons. The second-order valence-electron chi connectivity index (χ2n) is 36.7. The van der Waals surface area contributed by atoms with Crippen molar-refractivity contribution < 1.29 is 4.42 Å². The third kappa shape index (κ3) is 12.6. The van der Waals surface area contributed by atoms with Crippen LogP contribution in [-0.4, -0.2) is 34.9 Å². The van der Waals surface area contributed by atoms with Crippen LogP contribution in [0.3, 0.4) is 0 Å². The van der Waals surface area contributed by atoms with Crippen LogP contribution in [0, 0.1) is 0 Å². The highest BCUT2D eigenvalue weighted by atomic mass is 32.1. The Bertz CT molecular complexity index is 10200. The molecule has 29 aromatic rings. The van der Waals surface area contributed by atoms with Gasteiger partial charge in [-0.05, 0) is 168 Å². The first-order chi connectivity index (χ1) is 68.2. The minimum absolute atomic E-state index is 0.0548. The normalized spacial score (nSPS) is 12.5. The van der Waals surface area contributed by atoms with Gasteiger partial charge in [-0.1, -0.05) is 390 Å². The maximum absolute atomic E-state index is 6.23. The number of hydrogen-bond acceptors (Lipinski definition) is 10. The quantitative estimate of drug-likeness (QED) is 0.145. The summed E-state index contributed by atoms with van der Waals surface area (Å²) in [5.41, 5.74) is 19.7. The number of furan rings is 1. The van der Waals surface area contributed by atoms with E-state index >= 15 is 0 Å². The van der Waals surface area contributed by atoms with Crippen LogP contribution in [0.1, 0.15) is 25.0 Å². The predicted molar refractivity (Wildman–Crippen MR) is 583 cm³/mol. The van der Waals surface area contributed by atoms with Crippen molar-refractivity contribution in [3.05, 3.63) is 442 Å². The molecule has 138 heavy (non-hydrogen) atoms. The minimum atomic E-state index is -0.0548. The highest BCUT2D eigenvalue weighted by Gasteiger charge is 2.37. The summed E-state index contributed by atoms with van der Waals surface area (Å²) in [5, 5.41) is 33.5. The van der Waals surface area contributed by atoms with Gasteiger partial charge in [0.05, 0.1) is 33.6 Å². The van der Waals surface area contributed by atoms with Gasteiger partial charge in [0.25, 0.3) is 0 Å². The molecule has 1 aliphatic carbocycles. The van der Waals surface area contributed by atoms with Crippen LogP contribution in [0.2, 0.25) is 0 Å². The van der Waals surface area contributed by atoms with E-state index in [1.54, 1.807) is 0 Å². The van der Waals surface area contributed by atoms with Crippen LogP contribution in [-0.2, 0) is 5.41 Å². The Labute approximate surface area is 799 Å². The van der Waals surface area contributed by atoms with Gasteiger partial charge < -0.3 is 4.42 Å². The fourth-order valence-corrected chi connectivity index (χ4v) is 24.7. The van der Waals surface area contributed by atoms with Gasteiger partial charge in [-0.3, -0.25) is 0 Å². The molecule has 10 heteroatoms. The summed E-state index contributed by atoms with van der Waals surface area (Å²) in [6.07, 6.45) is 0. The fourth-order valence-electron chi connectivity index (χ4n) is 22.2. The summed E-state index contributed by atoms with van der Waals surface area (Å²) in [6.45, 7) is 4.73. The first-order valence-corrected chi connectivity index (χ1v) is 48.5. The summed E-state index contributed by atoms with van der Waals surface area (Å²) in [5.74, 6) is 2.62. The molecule has 0 saturated heterocycles. The molecule has 6 heterocycles. The van der Waals surface area contributed by atoms with Gasteiger partial charge in [-0.2, -0.15) is 0 Å². The van der Waals surface area contributed by atoms with Crippen LogP contribution in [0.25, 0.3) is 282 Å². The second kappa shape index (κ2) is 31.4. The fraction of sp³-hybridized carbons (Fsp3) is 0.0234. The molecule has 23 aromatic carbocycles. The second-order valence-corrected chi connectivity index (χ2v) is 38.8. The first kappa shape index (κ1) is 79.2. The zero-order valence-electron chi connectivity index (χ0n) is 74.8. The Hall–Kier alpha value is -17.4. The zero-order chi connectivity index (χ0) is 91.0. The molecule has 0 atom stereocenters. The van der Waals surface area contributed by atoms with Gasteiger partial charge in [-0.15, -0.1) is 22.7 Å². The van der Waals surface area contributed by atoms with Crippen molar-refractivity contribution >= 4 is 215 Å². The van der Waals surface area contributed by atoms with Crippen LogP contribution < -0.4 is 0 Å². The molecule has 6 aromatic heterocycles. The summed E-state index contributed by atoms with van der Waals surface area (Å²) >= 11 is 3.78. The lowest BCUT2D eigenvalue weighted by Crippen LogP contribution is -2.15. The Morgan fingerprint density at radius 1 is 0.210 bits per heavy atom. The molecule has 1 aliphatic rings. The number of para-hydroxylation sites is 2. The highest BCUT2D eigenvalue weighted by Crippen LogP contribution is 2.54. The zero-order valence-corrected chi connectivity index (χ0v) is 76.5. The van der Waals surface area contributed by atoms with Crippen molar-refractivity contribution in [3.63, 3.8) is 0 Å². The number of aromatic nitrogens is 7. The molecular weight excluding hydrogens is 1720 g/mol. The van der Waals surface area contributed by atoms with E-state index in [9.17, 15) is 0 Å². The number of benzene rings is 23. The van der Waals surface area contributed by atoms with Crippen molar-refractivity contribution in [2.45, 2.75) is 19.3 Å². The maximum atomic E-state index is 6.23. The summed E-state index contributed by atoms with van der Waals surface area (Å²) in [6, 6.07) is 153. The molecule has 8 nitrogen and oxygen atoms in total. The number of fused-ring (bicyclic) bond motifs is 35. The van der Waals surface area contributed by atoms with E-state index in [2.05, 4.69) is 366 Å². The van der Waals surface area contributed by atoms with Gasteiger partial charge >= 0.3 is 0 Å². The van der Waals surface area contributed by atoms with Gasteiger partial charge in [0.15, 0.2) is 23.3 Å². The highest BCUT2D eigenvalue weighted by molar-refractivity contribution is 7.27. The van der Waals surface area contributed by atoms with Crippen molar-refractivity contribution in [2.75, 3.05) is 0 Å². The average Bonchev–Trinajstić information content (AvgIpc) is 1.50. The molecule has 0 unspecified atom stereocenters. The lowest BCUT2D eigenvalue weighted by Gasteiger charge is -2.23. The van der Waals surface area contributed by atoms with Gasteiger partial charge in [0.2, 0.25) is 0 Å². The first-order valence-electron chi connectivity index (χ1n) is 46.9. The Morgan fingerprint density at radius 2 is 0.674 bits per heavy atom. The minimum Gasteiger partial charge on any atom is -0.456 e. The van der Waals surface area contributed by atoms with E-state index in [1.807, 2.05) is 102 Å². The molecule has 30 rings (SSSR count). The molecule has 0 fully saturated rings. The van der Waals surface area contributed by atoms with Gasteiger partial charge in [-0.25, -0.2) is 34.9 Å². The average molecular weight is 1790 g/mol. The molecule has 0 saturated carbocycles. The summed E-state index contributed by atoms with van der Waals surface area (Å²) in [4.78, 5) is 36.0. The predicted octanol–water partition coefficient (Wildman–Crippen LogP) is 35.3. The lowest BCUT2D eigenvalue weighted by molar-refractivity contribution is 0.666. The van der Waals surface area contributed by atoms with Crippen molar-refractivity contribution in [1.82, 2.24) is 34.9 Å². The molecule has 0 aliphatic heterocycles. The van der Waals surface area contributed by atoms with E-state index in [-0.39, 0.29) is 5.41 Å². The standard InChI is InChI=1S/C45H25N3OS.C42H24N2S.C41H28N2/c1-2-11-26(12-3-1)43-46-44(48-45(47-43)35-17-10-19-37-40(35)32-15-6-8-18-36(32)49-37)28-22-23-29-27(25-28)21-24-34-39(29)30-13-4-5-14-31(30)42-41(34)33-16-7-9-20-38(33)50-42;1-2-9-28(10-3-1)39-40(44-41-32-11-5-4-8-25(32)20-23-35(41)43-39)30-19-21-31-29(24-30)17-16-26-14-15-27-18-22-34-33-12-6-7-13-36(33)45-42(34)38(27)37(26)31;1-41(2)35-14-8-6-12-30(35)32-23-22-31-33(38(32)41)21-18-25-16-17-27-24-28(19-20-29(27)37(25)31)40-42-36-15-9-7-13-34(36)39(43-40)26-10-4-3-5-11-26/h1-25H;1-24H;3-24H,1-2H3. The summed E-state index contributed by atoms with van der Waals surface area (Å²) in [7, 11) is 0.